The summed E-state index contributed by atoms with van der Waals surface area (Å²) in [6.45, 7) is 0.947. The zero-order chi connectivity index (χ0) is 21.3. The van der Waals surface area contributed by atoms with E-state index in [2.05, 4.69) is 25.5 Å². The molecule has 0 amide bonds. The lowest BCUT2D eigenvalue weighted by molar-refractivity contribution is 0.112. The normalized spacial score (nSPS) is 10.4. The highest BCUT2D eigenvalue weighted by Gasteiger charge is 2.07. The summed E-state index contributed by atoms with van der Waals surface area (Å²) in [5.41, 5.74) is 3.39. The van der Waals surface area contributed by atoms with Crippen molar-refractivity contribution in [3.8, 4) is 17.3 Å². The summed E-state index contributed by atoms with van der Waals surface area (Å²) in [5.74, 6) is 2.17. The maximum absolute atomic E-state index is 10.4. The fraction of sp³-hybridized carbons (Fsp3) is 0.190. The molecule has 0 saturated carbocycles. The molecule has 2 aromatic heterocycles. The van der Waals surface area contributed by atoms with Gasteiger partial charge in [-0.2, -0.15) is 5.10 Å². The van der Waals surface area contributed by atoms with Gasteiger partial charge in [-0.3, -0.25) is 9.89 Å². The number of benzene rings is 2. The molecule has 0 radical (unpaired) electrons. The molecule has 9 heteroatoms. The fourth-order valence-electron chi connectivity index (χ4n) is 2.59. The third kappa shape index (κ3) is 5.37. The van der Waals surface area contributed by atoms with Crippen LogP contribution in [0.15, 0.2) is 48.5 Å². The second-order valence-corrected chi connectivity index (χ2v) is 6.58. The van der Waals surface area contributed by atoms with Crippen LogP contribution in [0.2, 0.25) is 5.02 Å². The van der Waals surface area contributed by atoms with Crippen LogP contribution in [0.4, 0.5) is 5.82 Å². The van der Waals surface area contributed by atoms with E-state index in [0.29, 0.717) is 29.5 Å². The predicted octanol–water partition coefficient (Wildman–Crippen LogP) is 4.17. The van der Waals surface area contributed by atoms with E-state index >= 15 is 0 Å². The number of halogens is 1. The Labute approximate surface area is 178 Å². The molecule has 0 aliphatic carbocycles. The number of anilines is 1. The number of para-hydroxylation sites is 2. The van der Waals surface area contributed by atoms with Crippen LogP contribution >= 0.6 is 11.6 Å². The SMILES string of the molecule is CNc1cc(-c2nc3ccccc3[nH]2)[nH]n1.COCCOc1ccc(C=O)cc1Cl. The Morgan fingerprint density at radius 1 is 1.17 bits per heavy atom. The van der Waals surface area contributed by atoms with Crippen LogP contribution in [0, 0.1) is 0 Å². The molecule has 156 valence electrons. The number of ether oxygens (including phenoxy) is 2. The van der Waals surface area contributed by atoms with Crippen molar-refractivity contribution in [1.82, 2.24) is 20.2 Å². The second kappa shape index (κ2) is 10.4. The lowest BCUT2D eigenvalue weighted by Crippen LogP contribution is -2.04. The van der Waals surface area contributed by atoms with Gasteiger partial charge in [0.2, 0.25) is 0 Å². The molecule has 0 saturated heterocycles. The predicted molar refractivity (Wildman–Crippen MR) is 117 cm³/mol. The summed E-state index contributed by atoms with van der Waals surface area (Å²) in [6, 6.07) is 14.7. The number of hydrogen-bond acceptors (Lipinski definition) is 6. The van der Waals surface area contributed by atoms with Gasteiger partial charge in [-0.15, -0.1) is 0 Å². The van der Waals surface area contributed by atoms with E-state index in [1.807, 2.05) is 37.4 Å². The summed E-state index contributed by atoms with van der Waals surface area (Å²) in [4.78, 5) is 18.1. The molecule has 2 aromatic carbocycles. The Bertz CT molecular complexity index is 1080. The van der Waals surface area contributed by atoms with Gasteiger partial charge in [-0.05, 0) is 30.3 Å². The zero-order valence-corrected chi connectivity index (χ0v) is 17.4. The van der Waals surface area contributed by atoms with Crippen molar-refractivity contribution in [2.45, 2.75) is 0 Å². The van der Waals surface area contributed by atoms with Crippen molar-refractivity contribution in [2.24, 2.45) is 0 Å². The van der Waals surface area contributed by atoms with Crippen molar-refractivity contribution in [3.05, 3.63) is 59.1 Å². The van der Waals surface area contributed by atoms with Gasteiger partial charge in [-0.1, -0.05) is 23.7 Å². The quantitative estimate of drug-likeness (QED) is 0.302. The summed E-state index contributed by atoms with van der Waals surface area (Å²) in [5, 5.41) is 10.4. The first-order valence-electron chi connectivity index (χ1n) is 9.19. The van der Waals surface area contributed by atoms with Crippen LogP contribution in [-0.2, 0) is 4.74 Å². The number of methoxy groups -OCH3 is 1. The standard InChI is InChI=1S/C11H11N5.C10H11ClO3/c1-12-10-6-9(15-16-10)11-13-7-4-2-3-5-8(7)14-11;1-13-4-5-14-10-3-2-8(7-12)6-9(10)11/h2-6H,1H3,(H,13,14)(H2,12,15,16);2-3,6-7H,4-5H2,1H3. The summed E-state index contributed by atoms with van der Waals surface area (Å²) < 4.78 is 10.1. The van der Waals surface area contributed by atoms with E-state index in [0.717, 1.165) is 34.7 Å². The number of carbonyl (C=O) groups excluding carboxylic acids is 1. The first-order valence-corrected chi connectivity index (χ1v) is 9.57. The Hall–Kier alpha value is -3.36. The summed E-state index contributed by atoms with van der Waals surface area (Å²) >= 11 is 5.86. The van der Waals surface area contributed by atoms with Crippen LogP contribution in [0.1, 0.15) is 10.4 Å². The molecule has 0 aliphatic rings. The minimum atomic E-state index is 0.436. The van der Waals surface area contributed by atoms with Gasteiger partial charge in [0, 0.05) is 25.8 Å². The van der Waals surface area contributed by atoms with Crippen molar-refractivity contribution >= 4 is 34.7 Å². The molecule has 0 atom stereocenters. The lowest BCUT2D eigenvalue weighted by atomic mass is 10.2. The molecule has 4 rings (SSSR count). The van der Waals surface area contributed by atoms with E-state index in [9.17, 15) is 4.79 Å². The minimum absolute atomic E-state index is 0.436. The average Bonchev–Trinajstić information content (AvgIpc) is 3.42. The molecule has 30 heavy (non-hydrogen) atoms. The van der Waals surface area contributed by atoms with Gasteiger partial charge < -0.3 is 19.8 Å². The van der Waals surface area contributed by atoms with Crippen LogP contribution in [0.5, 0.6) is 5.75 Å². The van der Waals surface area contributed by atoms with E-state index in [1.165, 1.54) is 0 Å². The monoisotopic (exact) mass is 427 g/mol. The number of aldehydes is 1. The molecule has 0 unspecified atom stereocenters. The molecule has 8 nitrogen and oxygen atoms in total. The highest BCUT2D eigenvalue weighted by molar-refractivity contribution is 6.32. The topological polar surface area (TPSA) is 105 Å². The first kappa shape index (κ1) is 21.4. The first-order chi connectivity index (χ1) is 14.6. The van der Waals surface area contributed by atoms with Crippen LogP contribution in [0.3, 0.4) is 0 Å². The van der Waals surface area contributed by atoms with E-state index in [-0.39, 0.29) is 0 Å². The molecular weight excluding hydrogens is 406 g/mol. The van der Waals surface area contributed by atoms with Crippen molar-refractivity contribution in [2.75, 3.05) is 32.7 Å². The summed E-state index contributed by atoms with van der Waals surface area (Å²) in [6.07, 6.45) is 0.741. The number of nitrogens with one attached hydrogen (secondary N) is 3. The van der Waals surface area contributed by atoms with Gasteiger partial charge in [0.25, 0.3) is 0 Å². The number of fused-ring (bicyclic) bond motifs is 1. The maximum Gasteiger partial charge on any atom is 0.156 e. The molecule has 3 N–H and O–H groups in total. The van der Waals surface area contributed by atoms with Crippen LogP contribution in [-0.4, -0.2) is 53.8 Å². The van der Waals surface area contributed by atoms with Crippen molar-refractivity contribution in [3.63, 3.8) is 0 Å². The Kier molecular flexibility index (Phi) is 7.42. The number of imidazole rings is 1. The molecular formula is C21H22ClN5O3. The fourth-order valence-corrected chi connectivity index (χ4v) is 2.84. The van der Waals surface area contributed by atoms with Gasteiger partial charge in [0.1, 0.15) is 30.2 Å². The molecule has 0 fully saturated rings. The van der Waals surface area contributed by atoms with Crippen molar-refractivity contribution in [1.29, 1.82) is 0 Å². The largest absolute Gasteiger partial charge is 0.490 e. The summed E-state index contributed by atoms with van der Waals surface area (Å²) in [7, 11) is 3.43. The third-order valence-electron chi connectivity index (χ3n) is 4.12. The van der Waals surface area contributed by atoms with E-state index < -0.39 is 0 Å². The molecule has 0 bridgehead atoms. The van der Waals surface area contributed by atoms with Gasteiger partial charge in [-0.25, -0.2) is 4.98 Å². The van der Waals surface area contributed by atoms with Gasteiger partial charge in [0.05, 0.1) is 22.7 Å². The number of H-pyrrole nitrogens is 2. The number of nitrogens with zero attached hydrogens (tertiary/aromatic N) is 2. The highest BCUT2D eigenvalue weighted by atomic mass is 35.5. The molecule has 2 heterocycles. The van der Waals surface area contributed by atoms with E-state index in [1.54, 1.807) is 25.3 Å². The Morgan fingerprint density at radius 2 is 2.00 bits per heavy atom. The minimum Gasteiger partial charge on any atom is -0.490 e. The van der Waals surface area contributed by atoms with Crippen molar-refractivity contribution < 1.29 is 14.3 Å². The smallest absolute Gasteiger partial charge is 0.156 e. The number of aromatic nitrogens is 4. The Morgan fingerprint density at radius 3 is 2.67 bits per heavy atom. The number of hydrogen-bond donors (Lipinski definition) is 3. The van der Waals surface area contributed by atoms with E-state index in [4.69, 9.17) is 21.1 Å². The van der Waals surface area contributed by atoms with Crippen LogP contribution < -0.4 is 10.1 Å². The van der Waals surface area contributed by atoms with Gasteiger partial charge in [0.15, 0.2) is 5.82 Å². The third-order valence-corrected chi connectivity index (χ3v) is 4.41. The highest BCUT2D eigenvalue weighted by Crippen LogP contribution is 2.24. The average molecular weight is 428 g/mol. The van der Waals surface area contributed by atoms with Gasteiger partial charge >= 0.3 is 0 Å². The number of rotatable bonds is 7. The second-order valence-electron chi connectivity index (χ2n) is 6.17. The molecule has 0 aliphatic heterocycles. The zero-order valence-electron chi connectivity index (χ0n) is 16.6. The number of aromatic amines is 2. The lowest BCUT2D eigenvalue weighted by Gasteiger charge is -2.07. The molecule has 4 aromatic rings. The van der Waals surface area contributed by atoms with Crippen LogP contribution in [0.25, 0.3) is 22.6 Å². The molecule has 0 spiro atoms. The maximum atomic E-state index is 10.4. The number of carbonyl (C=O) groups is 1. The Balaban J connectivity index is 0.000000173.